The third-order valence-electron chi connectivity index (χ3n) is 7.89. The van der Waals surface area contributed by atoms with Gasteiger partial charge in [-0.2, -0.15) is 0 Å². The topological polar surface area (TPSA) is 66.5 Å². The second kappa shape index (κ2) is 7.44. The lowest BCUT2D eigenvalue weighted by molar-refractivity contribution is -0.148. The number of likely N-dealkylation sites (tertiary alicyclic amines) is 1. The minimum atomic E-state index is -0.831. The molecule has 1 aliphatic heterocycles. The number of imide groups is 1. The molecule has 1 saturated heterocycles. The minimum Gasteiger partial charge on any atom is -0.350 e. The van der Waals surface area contributed by atoms with Gasteiger partial charge in [0.2, 0.25) is 17.7 Å². The smallest absolute Gasteiger partial charge is 0.243 e. The summed E-state index contributed by atoms with van der Waals surface area (Å²) in [5.74, 6) is 0.236. The number of nitrogens with one attached hydrogen (secondary N) is 1. The second-order valence-corrected chi connectivity index (χ2v) is 9.61. The van der Waals surface area contributed by atoms with E-state index in [1.165, 1.54) is 4.90 Å². The Kier molecular flexibility index (Phi) is 4.53. The molecule has 7 atom stereocenters. The van der Waals surface area contributed by atoms with E-state index in [9.17, 15) is 14.4 Å². The highest BCUT2D eigenvalue weighted by molar-refractivity contribution is 6.09. The molecular weight excluding hydrogens is 400 g/mol. The monoisotopic (exact) mass is 426 g/mol. The summed E-state index contributed by atoms with van der Waals surface area (Å²) in [4.78, 5) is 41.9. The normalized spacial score (nSPS) is 32.4. The summed E-state index contributed by atoms with van der Waals surface area (Å²) in [7, 11) is 0. The maximum atomic E-state index is 13.6. The van der Waals surface area contributed by atoms with Crippen LogP contribution in [0.2, 0.25) is 0 Å². The Morgan fingerprint density at radius 3 is 1.94 bits per heavy atom. The predicted octanol–water partition coefficient (Wildman–Crippen LogP) is 2.97. The summed E-state index contributed by atoms with van der Waals surface area (Å²) in [6.45, 7) is 0.366. The second-order valence-electron chi connectivity index (χ2n) is 9.61. The van der Waals surface area contributed by atoms with E-state index in [0.29, 0.717) is 24.8 Å². The van der Waals surface area contributed by atoms with Crippen LogP contribution in [-0.4, -0.2) is 28.7 Å². The van der Waals surface area contributed by atoms with E-state index in [4.69, 9.17) is 0 Å². The molecule has 0 spiro atoms. The van der Waals surface area contributed by atoms with E-state index in [2.05, 4.69) is 17.5 Å². The van der Waals surface area contributed by atoms with E-state index in [1.54, 1.807) is 0 Å². The van der Waals surface area contributed by atoms with Crippen LogP contribution in [-0.2, 0) is 27.3 Å². The standard InChI is InChI=1S/C27H26N2O3/c30-25(28-15-17-9-5-2-6-10-17)22(13-16-7-3-1-4-8-16)29-26(31)23-18-11-12-19(21-14-20(18)21)24(23)27(29)32/h1-12,18-24H,13-15H2,(H,28,30)/t18-,19-,20-,21+,22-,23-,24+/m0/s1. The number of nitrogens with zero attached hydrogens (tertiary/aromatic N) is 1. The van der Waals surface area contributed by atoms with Gasteiger partial charge in [-0.15, -0.1) is 0 Å². The van der Waals surface area contributed by atoms with E-state index in [1.807, 2.05) is 60.7 Å². The van der Waals surface area contributed by atoms with Gasteiger partial charge in [0, 0.05) is 13.0 Å². The van der Waals surface area contributed by atoms with Crippen LogP contribution >= 0.6 is 0 Å². The minimum absolute atomic E-state index is 0.152. The summed E-state index contributed by atoms with van der Waals surface area (Å²) in [6.07, 6.45) is 5.78. The number of hydrogen-bond acceptors (Lipinski definition) is 3. The summed E-state index contributed by atoms with van der Waals surface area (Å²) in [5, 5.41) is 2.97. The number of carbonyl (C=O) groups excluding carboxylic acids is 3. The van der Waals surface area contributed by atoms with Crippen LogP contribution in [0.3, 0.4) is 0 Å². The zero-order valence-electron chi connectivity index (χ0n) is 17.8. The van der Waals surface area contributed by atoms with Crippen LogP contribution in [0.5, 0.6) is 0 Å². The van der Waals surface area contributed by atoms with Crippen LogP contribution < -0.4 is 5.32 Å². The van der Waals surface area contributed by atoms with Crippen molar-refractivity contribution in [2.24, 2.45) is 35.5 Å². The molecule has 0 unspecified atom stereocenters. The number of rotatable bonds is 6. The van der Waals surface area contributed by atoms with E-state index < -0.39 is 6.04 Å². The Morgan fingerprint density at radius 2 is 1.38 bits per heavy atom. The number of benzene rings is 2. The van der Waals surface area contributed by atoms with Crippen molar-refractivity contribution in [3.63, 3.8) is 0 Å². The molecule has 2 aromatic rings. The molecule has 2 saturated carbocycles. The maximum absolute atomic E-state index is 13.6. The van der Waals surface area contributed by atoms with Crippen molar-refractivity contribution in [1.82, 2.24) is 10.2 Å². The van der Waals surface area contributed by atoms with Gasteiger partial charge in [-0.05, 0) is 41.2 Å². The first-order valence-electron chi connectivity index (χ1n) is 11.5. The van der Waals surface area contributed by atoms with Gasteiger partial charge >= 0.3 is 0 Å². The first kappa shape index (κ1) is 19.5. The molecule has 1 heterocycles. The summed E-state index contributed by atoms with van der Waals surface area (Å²) < 4.78 is 0. The molecule has 1 N–H and O–H groups in total. The lowest BCUT2D eigenvalue weighted by Gasteiger charge is -2.37. The average Bonchev–Trinajstić information content (AvgIpc) is 3.61. The number of allylic oxidation sites excluding steroid dienone is 2. The van der Waals surface area contributed by atoms with Gasteiger partial charge in [0.1, 0.15) is 6.04 Å². The number of hydrogen-bond donors (Lipinski definition) is 1. The molecule has 5 heteroatoms. The molecule has 3 fully saturated rings. The van der Waals surface area contributed by atoms with Crippen LogP contribution in [0.1, 0.15) is 17.5 Å². The number of carbonyl (C=O) groups is 3. The molecular formula is C27H26N2O3. The SMILES string of the molecule is O=C(NCc1ccccc1)[C@H](Cc1ccccc1)N1C(=O)[C@@H]2[C@H]3C=C[C@@H]([C@@H]4C[C@H]34)[C@@H]2C1=O. The van der Waals surface area contributed by atoms with Crippen LogP contribution in [0.25, 0.3) is 0 Å². The van der Waals surface area contributed by atoms with Crippen molar-refractivity contribution in [2.45, 2.75) is 25.4 Å². The highest BCUT2D eigenvalue weighted by atomic mass is 16.2. The van der Waals surface area contributed by atoms with Crippen LogP contribution in [0.15, 0.2) is 72.8 Å². The van der Waals surface area contributed by atoms with E-state index in [-0.39, 0.29) is 41.4 Å². The molecule has 3 amide bonds. The van der Waals surface area contributed by atoms with Gasteiger partial charge in [-0.3, -0.25) is 19.3 Å². The van der Waals surface area contributed by atoms with Crippen molar-refractivity contribution in [3.05, 3.63) is 83.9 Å². The quantitative estimate of drug-likeness (QED) is 0.571. The van der Waals surface area contributed by atoms with Gasteiger partial charge in [0.05, 0.1) is 11.8 Å². The first-order chi connectivity index (χ1) is 15.6. The van der Waals surface area contributed by atoms with Crippen molar-refractivity contribution < 1.29 is 14.4 Å². The van der Waals surface area contributed by atoms with Gasteiger partial charge in [-0.1, -0.05) is 72.8 Å². The fourth-order valence-corrected chi connectivity index (χ4v) is 6.33. The Labute approximate surface area is 187 Å². The van der Waals surface area contributed by atoms with Gasteiger partial charge in [0.25, 0.3) is 0 Å². The highest BCUT2D eigenvalue weighted by Crippen LogP contribution is 2.65. The van der Waals surface area contributed by atoms with Gasteiger partial charge in [0.15, 0.2) is 0 Å². The Bertz CT molecular complexity index is 1060. The van der Waals surface area contributed by atoms with Crippen molar-refractivity contribution in [2.75, 3.05) is 0 Å². The molecule has 5 aliphatic rings. The molecule has 32 heavy (non-hydrogen) atoms. The zero-order chi connectivity index (χ0) is 21.8. The summed E-state index contributed by atoms with van der Waals surface area (Å²) in [6, 6.07) is 18.5. The van der Waals surface area contributed by atoms with E-state index >= 15 is 0 Å². The fraction of sp³-hybridized carbons (Fsp3) is 0.370. The third-order valence-corrected chi connectivity index (χ3v) is 7.89. The van der Waals surface area contributed by atoms with E-state index in [0.717, 1.165) is 17.5 Å². The Morgan fingerprint density at radius 1 is 0.844 bits per heavy atom. The molecule has 2 aromatic carbocycles. The molecule has 0 radical (unpaired) electrons. The van der Waals surface area contributed by atoms with Crippen molar-refractivity contribution >= 4 is 17.7 Å². The van der Waals surface area contributed by atoms with Gasteiger partial charge < -0.3 is 5.32 Å². The Balaban J connectivity index is 1.29. The summed E-state index contributed by atoms with van der Waals surface area (Å²) in [5.41, 5.74) is 1.92. The lowest BCUT2D eigenvalue weighted by atomic mass is 9.63. The lowest BCUT2D eigenvalue weighted by Crippen LogP contribution is -2.51. The largest absolute Gasteiger partial charge is 0.350 e. The molecule has 4 aliphatic carbocycles. The molecule has 162 valence electrons. The molecule has 0 aromatic heterocycles. The van der Waals surface area contributed by atoms with Gasteiger partial charge in [-0.25, -0.2) is 0 Å². The highest BCUT2D eigenvalue weighted by Gasteiger charge is 2.67. The van der Waals surface area contributed by atoms with Crippen LogP contribution in [0.4, 0.5) is 0 Å². The summed E-state index contributed by atoms with van der Waals surface area (Å²) >= 11 is 0. The Hall–Kier alpha value is -3.21. The molecule has 5 nitrogen and oxygen atoms in total. The van der Waals surface area contributed by atoms with Crippen molar-refractivity contribution in [3.8, 4) is 0 Å². The molecule has 7 rings (SSSR count). The van der Waals surface area contributed by atoms with Crippen LogP contribution in [0, 0.1) is 35.5 Å². The third kappa shape index (κ3) is 3.02. The predicted molar refractivity (Wildman–Crippen MR) is 119 cm³/mol. The molecule has 2 bridgehead atoms. The first-order valence-corrected chi connectivity index (χ1v) is 11.5. The van der Waals surface area contributed by atoms with Crippen molar-refractivity contribution in [1.29, 1.82) is 0 Å². The fourth-order valence-electron chi connectivity index (χ4n) is 6.33. The zero-order valence-corrected chi connectivity index (χ0v) is 17.8. The number of amides is 3. The maximum Gasteiger partial charge on any atom is 0.243 e. The average molecular weight is 427 g/mol.